The van der Waals surface area contributed by atoms with Crippen molar-refractivity contribution in [3.8, 4) is 11.7 Å². The van der Waals surface area contributed by atoms with E-state index in [4.69, 9.17) is 4.74 Å². The Morgan fingerprint density at radius 2 is 1.85 bits per heavy atom. The van der Waals surface area contributed by atoms with E-state index in [0.717, 1.165) is 17.1 Å². The molecule has 0 aliphatic rings. The molecule has 0 atom stereocenters. The summed E-state index contributed by atoms with van der Waals surface area (Å²) in [6.45, 7) is 5.02. The molecule has 2 heterocycles. The molecule has 0 amide bonds. The highest BCUT2D eigenvalue weighted by molar-refractivity contribution is 7.90. The Morgan fingerprint density at radius 3 is 2.27 bits per heavy atom. The van der Waals surface area contributed by atoms with E-state index in [1.54, 1.807) is 0 Å². The standard InChI is InChI=1S/C16H20F3N3O3S/c1-5-11(6-2)25-15-10(3)14(16(17,18)19)21-22(15)13-8-7-12(9-20-13)26(4,23)24/h7-9,11H,5-6H2,1-4H3. The number of hydrogen-bond acceptors (Lipinski definition) is 5. The van der Waals surface area contributed by atoms with Crippen molar-refractivity contribution in [3.63, 3.8) is 0 Å². The number of rotatable bonds is 6. The van der Waals surface area contributed by atoms with Crippen molar-refractivity contribution in [2.24, 2.45) is 0 Å². The van der Waals surface area contributed by atoms with Crippen molar-refractivity contribution in [2.45, 2.75) is 50.8 Å². The Balaban J connectivity index is 2.59. The van der Waals surface area contributed by atoms with Crippen molar-refractivity contribution in [2.75, 3.05) is 6.26 Å². The quantitative estimate of drug-likeness (QED) is 0.753. The molecule has 0 fully saturated rings. The molecule has 144 valence electrons. The van der Waals surface area contributed by atoms with Gasteiger partial charge in [0.05, 0.1) is 11.0 Å². The lowest BCUT2D eigenvalue weighted by atomic mass is 10.2. The Hall–Kier alpha value is -2.10. The van der Waals surface area contributed by atoms with E-state index in [-0.39, 0.29) is 28.3 Å². The first kappa shape index (κ1) is 20.2. The van der Waals surface area contributed by atoms with Gasteiger partial charge in [-0.1, -0.05) is 13.8 Å². The maximum atomic E-state index is 13.2. The van der Waals surface area contributed by atoms with Gasteiger partial charge in [0.2, 0.25) is 5.88 Å². The molecule has 0 N–H and O–H groups in total. The maximum Gasteiger partial charge on any atom is 0.435 e. The summed E-state index contributed by atoms with van der Waals surface area (Å²) < 4.78 is 69.5. The number of hydrogen-bond donors (Lipinski definition) is 0. The average molecular weight is 391 g/mol. The van der Waals surface area contributed by atoms with E-state index in [1.807, 2.05) is 13.8 Å². The van der Waals surface area contributed by atoms with E-state index in [1.165, 1.54) is 19.1 Å². The summed E-state index contributed by atoms with van der Waals surface area (Å²) in [5.41, 5.74) is -1.20. The van der Waals surface area contributed by atoms with Crippen LogP contribution in [-0.4, -0.2) is 35.5 Å². The molecule has 0 saturated carbocycles. The second kappa shape index (κ2) is 7.26. The first-order valence-corrected chi connectivity index (χ1v) is 9.88. The van der Waals surface area contributed by atoms with Crippen LogP contribution in [0.1, 0.15) is 37.9 Å². The number of ether oxygens (including phenoxy) is 1. The molecule has 0 aliphatic carbocycles. The molecule has 2 rings (SSSR count). The summed E-state index contributed by atoms with van der Waals surface area (Å²) >= 11 is 0. The van der Waals surface area contributed by atoms with Gasteiger partial charge >= 0.3 is 6.18 Å². The number of alkyl halides is 3. The lowest BCUT2D eigenvalue weighted by molar-refractivity contribution is -0.141. The Labute approximate surface area is 149 Å². The average Bonchev–Trinajstić information content (AvgIpc) is 2.88. The number of nitrogens with zero attached hydrogens (tertiary/aromatic N) is 3. The fraction of sp³-hybridized carbons (Fsp3) is 0.500. The zero-order valence-corrected chi connectivity index (χ0v) is 15.6. The zero-order chi connectivity index (χ0) is 19.7. The van der Waals surface area contributed by atoms with Crippen molar-refractivity contribution in [3.05, 3.63) is 29.6 Å². The molecule has 0 unspecified atom stereocenters. The van der Waals surface area contributed by atoms with Gasteiger partial charge in [0, 0.05) is 18.0 Å². The van der Waals surface area contributed by atoms with Gasteiger partial charge in [0.25, 0.3) is 0 Å². The van der Waals surface area contributed by atoms with Crippen LogP contribution in [0.25, 0.3) is 5.82 Å². The largest absolute Gasteiger partial charge is 0.474 e. The van der Waals surface area contributed by atoms with Gasteiger partial charge in [-0.2, -0.15) is 23.0 Å². The number of halogens is 3. The van der Waals surface area contributed by atoms with Gasteiger partial charge in [-0.15, -0.1) is 0 Å². The third kappa shape index (κ3) is 4.17. The van der Waals surface area contributed by atoms with Gasteiger partial charge < -0.3 is 4.74 Å². The third-order valence-electron chi connectivity index (χ3n) is 3.89. The van der Waals surface area contributed by atoms with Crippen LogP contribution in [0.5, 0.6) is 5.88 Å². The zero-order valence-electron chi connectivity index (χ0n) is 14.8. The highest BCUT2D eigenvalue weighted by Crippen LogP contribution is 2.36. The normalized spacial score (nSPS) is 12.6. The second-order valence-corrected chi connectivity index (χ2v) is 7.88. The van der Waals surface area contributed by atoms with Gasteiger partial charge in [-0.3, -0.25) is 0 Å². The van der Waals surface area contributed by atoms with Crippen LogP contribution in [-0.2, 0) is 16.0 Å². The van der Waals surface area contributed by atoms with Crippen LogP contribution in [0.4, 0.5) is 13.2 Å². The Morgan fingerprint density at radius 1 is 1.23 bits per heavy atom. The summed E-state index contributed by atoms with van der Waals surface area (Å²) in [7, 11) is -3.47. The molecule has 0 saturated heterocycles. The van der Waals surface area contributed by atoms with Crippen LogP contribution in [0.2, 0.25) is 0 Å². The minimum atomic E-state index is -4.64. The fourth-order valence-corrected chi connectivity index (χ4v) is 2.93. The topological polar surface area (TPSA) is 74.1 Å². The van der Waals surface area contributed by atoms with Crippen molar-refractivity contribution in [1.29, 1.82) is 0 Å². The summed E-state index contributed by atoms with van der Waals surface area (Å²) in [6, 6.07) is 2.56. The molecule has 26 heavy (non-hydrogen) atoms. The van der Waals surface area contributed by atoms with Crippen LogP contribution < -0.4 is 4.74 Å². The van der Waals surface area contributed by atoms with Crippen LogP contribution >= 0.6 is 0 Å². The number of sulfone groups is 1. The van der Waals surface area contributed by atoms with Crippen LogP contribution in [0.3, 0.4) is 0 Å². The molecule has 2 aromatic heterocycles. The molecule has 0 aliphatic heterocycles. The predicted molar refractivity (Wildman–Crippen MR) is 89.2 cm³/mol. The minimum absolute atomic E-state index is 0.0383. The lowest BCUT2D eigenvalue weighted by Gasteiger charge is -2.17. The molecule has 0 spiro atoms. The van der Waals surface area contributed by atoms with Crippen molar-refractivity contribution >= 4 is 9.84 Å². The maximum absolute atomic E-state index is 13.2. The minimum Gasteiger partial charge on any atom is -0.474 e. The molecule has 0 aromatic carbocycles. The predicted octanol–water partition coefficient (Wildman–Crippen LogP) is 3.57. The van der Waals surface area contributed by atoms with E-state index in [9.17, 15) is 21.6 Å². The first-order valence-electron chi connectivity index (χ1n) is 7.99. The monoisotopic (exact) mass is 391 g/mol. The van der Waals surface area contributed by atoms with E-state index >= 15 is 0 Å². The Bertz CT molecular complexity index is 871. The first-order chi connectivity index (χ1) is 12.0. The van der Waals surface area contributed by atoms with E-state index in [2.05, 4.69) is 10.1 Å². The highest BCUT2D eigenvalue weighted by atomic mass is 32.2. The van der Waals surface area contributed by atoms with Crippen molar-refractivity contribution in [1.82, 2.24) is 14.8 Å². The SMILES string of the molecule is CCC(CC)Oc1c(C)c(C(F)(F)F)nn1-c1ccc(S(C)(=O)=O)cn1. The lowest BCUT2D eigenvalue weighted by Crippen LogP contribution is -2.17. The van der Waals surface area contributed by atoms with Crippen molar-refractivity contribution < 1.29 is 26.3 Å². The second-order valence-electron chi connectivity index (χ2n) is 5.87. The number of pyridine rings is 1. The number of aromatic nitrogens is 3. The molecular formula is C16H20F3N3O3S. The molecule has 0 bridgehead atoms. The summed E-state index contributed by atoms with van der Waals surface area (Å²) in [4.78, 5) is 3.91. The summed E-state index contributed by atoms with van der Waals surface area (Å²) in [5.74, 6) is -0.0115. The Kier molecular flexibility index (Phi) is 5.64. The van der Waals surface area contributed by atoms with Gasteiger partial charge in [0.1, 0.15) is 0 Å². The molecular weight excluding hydrogens is 371 g/mol. The van der Waals surface area contributed by atoms with Crippen LogP contribution in [0, 0.1) is 6.92 Å². The smallest absolute Gasteiger partial charge is 0.435 e. The molecule has 10 heteroatoms. The van der Waals surface area contributed by atoms with Gasteiger partial charge in [-0.25, -0.2) is 13.4 Å². The van der Waals surface area contributed by atoms with Crippen LogP contribution in [0.15, 0.2) is 23.2 Å². The van der Waals surface area contributed by atoms with E-state index < -0.39 is 21.7 Å². The van der Waals surface area contributed by atoms with Gasteiger partial charge in [-0.05, 0) is 31.9 Å². The fourth-order valence-electron chi connectivity index (χ4n) is 2.37. The molecule has 6 nitrogen and oxygen atoms in total. The summed E-state index contributed by atoms with van der Waals surface area (Å²) in [5, 5.41) is 3.62. The van der Waals surface area contributed by atoms with Gasteiger partial charge in [0.15, 0.2) is 21.3 Å². The van der Waals surface area contributed by atoms with E-state index in [0.29, 0.717) is 12.8 Å². The highest BCUT2D eigenvalue weighted by Gasteiger charge is 2.39. The third-order valence-corrected chi connectivity index (χ3v) is 4.99. The molecule has 2 aromatic rings. The molecule has 0 radical (unpaired) electrons. The summed E-state index contributed by atoms with van der Waals surface area (Å²) in [6.07, 6.45) is -1.60.